The van der Waals surface area contributed by atoms with Crippen molar-refractivity contribution in [2.24, 2.45) is 10.8 Å². The summed E-state index contributed by atoms with van der Waals surface area (Å²) in [6.07, 6.45) is 3.04. The zero-order chi connectivity index (χ0) is 30.8. The number of hydrogen-bond donors (Lipinski definition) is 1. The first kappa shape index (κ1) is 29.8. The van der Waals surface area contributed by atoms with E-state index in [0.717, 1.165) is 23.9 Å². The molecule has 3 heterocycles. The van der Waals surface area contributed by atoms with Crippen molar-refractivity contribution >= 4 is 29.9 Å². The minimum Gasteiger partial charge on any atom is -0.366 e. The Morgan fingerprint density at radius 1 is 1.09 bits per heavy atom. The first-order chi connectivity index (χ1) is 20.6. The number of rotatable bonds is 10. The number of aromatic nitrogens is 3. The van der Waals surface area contributed by atoms with Crippen LogP contribution in [-0.4, -0.2) is 39.9 Å². The smallest absolute Gasteiger partial charge is 0.333 e. The van der Waals surface area contributed by atoms with Gasteiger partial charge in [0, 0.05) is 33.7 Å². The van der Waals surface area contributed by atoms with Gasteiger partial charge in [0.15, 0.2) is 6.21 Å². The SMILES string of the molecule is CO[n+]1cc(-c2c(C(F)F)ccc(Cl)c2F)ccc1[C@H](Cc1ccn(C(F)F)n1)[N+]1=CC(c2ccc(C(N)=O)cc2)C=N1. The van der Waals surface area contributed by atoms with E-state index in [2.05, 4.69) is 10.2 Å². The summed E-state index contributed by atoms with van der Waals surface area (Å²) in [5, 5.41) is 8.15. The van der Waals surface area contributed by atoms with Crippen LogP contribution in [0, 0.1) is 5.82 Å². The van der Waals surface area contributed by atoms with Gasteiger partial charge in [0.05, 0.1) is 28.9 Å². The zero-order valence-electron chi connectivity index (χ0n) is 22.4. The molecule has 2 N–H and O–H groups in total. The lowest BCUT2D eigenvalue weighted by atomic mass is 9.98. The van der Waals surface area contributed by atoms with Gasteiger partial charge in [-0.1, -0.05) is 34.5 Å². The first-order valence-corrected chi connectivity index (χ1v) is 13.2. The van der Waals surface area contributed by atoms with Crippen molar-refractivity contribution in [3.05, 3.63) is 106 Å². The number of hydrazone groups is 1. The summed E-state index contributed by atoms with van der Waals surface area (Å²) >= 11 is 5.91. The highest BCUT2D eigenvalue weighted by atomic mass is 35.5. The van der Waals surface area contributed by atoms with Crippen molar-refractivity contribution < 1.29 is 41.0 Å². The standard InChI is InChI=1S/C29H23ClF5N6O2/c1-43-41-15-18(25-21(27(32)33)7-8-22(30)26(25)31)6-9-23(41)24(12-20-10-11-39(38-20)29(34)35)40-14-19(13-37-40)16-2-4-17(5-3-16)28(36)42/h2-11,13-15,19,24,27,29H,12H2,1H3,(H-,36,42)/q+1/p+1/t19?,24-/m0/s1. The lowest BCUT2D eigenvalue weighted by molar-refractivity contribution is -0.897. The molecule has 2 aromatic carbocycles. The Morgan fingerprint density at radius 2 is 1.84 bits per heavy atom. The van der Waals surface area contributed by atoms with Crippen LogP contribution in [0.1, 0.15) is 57.8 Å². The average Bonchev–Trinajstić information content (AvgIpc) is 3.67. The molecule has 1 unspecified atom stereocenters. The third kappa shape index (κ3) is 6.12. The predicted molar refractivity (Wildman–Crippen MR) is 147 cm³/mol. The van der Waals surface area contributed by atoms with Gasteiger partial charge in [0.25, 0.3) is 12.5 Å². The van der Waals surface area contributed by atoms with Gasteiger partial charge in [-0.3, -0.25) is 9.63 Å². The van der Waals surface area contributed by atoms with Crippen molar-refractivity contribution in [2.75, 3.05) is 7.11 Å². The number of halogens is 6. The summed E-state index contributed by atoms with van der Waals surface area (Å²) < 4.78 is 72.5. The molecule has 4 aromatic rings. The summed E-state index contributed by atoms with van der Waals surface area (Å²) in [5.74, 6) is -1.88. The number of alkyl halides is 4. The van der Waals surface area contributed by atoms with E-state index in [1.165, 1.54) is 30.2 Å². The molecule has 43 heavy (non-hydrogen) atoms. The summed E-state index contributed by atoms with van der Waals surface area (Å²) in [4.78, 5) is 17.0. The molecule has 0 aliphatic carbocycles. The van der Waals surface area contributed by atoms with E-state index in [1.807, 2.05) is 0 Å². The van der Waals surface area contributed by atoms with Crippen LogP contribution in [0.2, 0.25) is 5.02 Å². The molecule has 2 atom stereocenters. The normalized spacial score (nSPS) is 15.3. The molecule has 5 rings (SSSR count). The van der Waals surface area contributed by atoms with E-state index in [0.29, 0.717) is 21.6 Å². The molecular weight excluding hydrogens is 595 g/mol. The number of nitrogens with two attached hydrogens (primary N) is 1. The largest absolute Gasteiger partial charge is 0.366 e. The zero-order valence-corrected chi connectivity index (χ0v) is 23.2. The van der Waals surface area contributed by atoms with Crippen molar-refractivity contribution in [1.82, 2.24) is 9.78 Å². The Balaban J connectivity index is 1.57. The Kier molecular flexibility index (Phi) is 8.53. The number of primary amides is 1. The molecule has 8 nitrogen and oxygen atoms in total. The van der Waals surface area contributed by atoms with Gasteiger partial charge in [-0.15, -0.1) is 0 Å². The number of nitrogens with zero attached hydrogens (tertiary/aromatic N) is 5. The Hall–Kier alpha value is -4.65. The monoisotopic (exact) mass is 618 g/mol. The minimum absolute atomic E-state index is 0.0722. The van der Waals surface area contributed by atoms with Crippen LogP contribution in [0.3, 0.4) is 0 Å². The van der Waals surface area contributed by atoms with Gasteiger partial charge in [-0.25, -0.2) is 17.9 Å². The molecule has 0 saturated heterocycles. The molecule has 0 spiro atoms. The van der Waals surface area contributed by atoms with E-state index in [4.69, 9.17) is 22.2 Å². The number of benzene rings is 2. The van der Waals surface area contributed by atoms with Crippen LogP contribution in [0.15, 0.2) is 72.1 Å². The van der Waals surface area contributed by atoms with Crippen LogP contribution in [0.25, 0.3) is 11.1 Å². The second-order valence-electron chi connectivity index (χ2n) is 9.57. The van der Waals surface area contributed by atoms with Gasteiger partial charge in [-0.05, 0) is 41.0 Å². The maximum absolute atomic E-state index is 15.0. The van der Waals surface area contributed by atoms with Crippen LogP contribution >= 0.6 is 11.6 Å². The summed E-state index contributed by atoms with van der Waals surface area (Å²) in [6.45, 7) is -2.84. The van der Waals surface area contributed by atoms with Crippen LogP contribution in [0.5, 0.6) is 0 Å². The quantitative estimate of drug-likeness (QED) is 0.194. The van der Waals surface area contributed by atoms with Gasteiger partial charge < -0.3 is 5.73 Å². The Morgan fingerprint density at radius 3 is 2.47 bits per heavy atom. The molecule has 2 aromatic heterocycles. The van der Waals surface area contributed by atoms with Gasteiger partial charge in [0.2, 0.25) is 12.1 Å². The highest BCUT2D eigenvalue weighted by Gasteiger charge is 2.39. The number of carbonyl (C=O) groups is 1. The predicted octanol–water partition coefficient (Wildman–Crippen LogP) is 5.27. The molecule has 1 aliphatic rings. The van der Waals surface area contributed by atoms with Crippen LogP contribution < -0.4 is 15.3 Å². The average molecular weight is 619 g/mol. The van der Waals surface area contributed by atoms with Crippen molar-refractivity contribution in [2.45, 2.75) is 31.4 Å². The summed E-state index contributed by atoms with van der Waals surface area (Å²) in [7, 11) is 1.33. The van der Waals surface area contributed by atoms with Crippen molar-refractivity contribution in [1.29, 1.82) is 0 Å². The van der Waals surface area contributed by atoms with E-state index in [-0.39, 0.29) is 28.5 Å². The van der Waals surface area contributed by atoms with Gasteiger partial charge in [0.1, 0.15) is 18.8 Å². The molecule has 1 aliphatic heterocycles. The molecule has 0 fully saturated rings. The first-order valence-electron chi connectivity index (χ1n) is 12.8. The summed E-state index contributed by atoms with van der Waals surface area (Å²) in [5.41, 5.74) is 6.38. The highest BCUT2D eigenvalue weighted by molar-refractivity contribution is 6.31. The molecule has 0 radical (unpaired) electrons. The highest BCUT2D eigenvalue weighted by Crippen LogP contribution is 2.36. The number of hydrogen-bond acceptors (Lipinski definition) is 4. The third-order valence-corrected chi connectivity index (χ3v) is 7.26. The molecule has 222 valence electrons. The lowest BCUT2D eigenvalue weighted by Gasteiger charge is -2.12. The van der Waals surface area contributed by atoms with Crippen LogP contribution in [-0.2, 0) is 6.42 Å². The maximum atomic E-state index is 15.0. The maximum Gasteiger partial charge on any atom is 0.333 e. The molecule has 0 bridgehead atoms. The topological polar surface area (TPSA) is 89.4 Å². The number of amides is 1. The molecule has 1 amide bonds. The van der Waals surface area contributed by atoms with Crippen LogP contribution in [0.4, 0.5) is 22.0 Å². The fraction of sp³-hybridized carbons (Fsp3) is 0.207. The van der Waals surface area contributed by atoms with Gasteiger partial charge >= 0.3 is 12.2 Å². The molecule has 14 heteroatoms. The molecular formula is C29H24ClF5N6O2+2. The fourth-order valence-electron chi connectivity index (χ4n) is 4.84. The van der Waals surface area contributed by atoms with E-state index >= 15 is 4.39 Å². The van der Waals surface area contributed by atoms with Crippen molar-refractivity contribution in [3.63, 3.8) is 0 Å². The Labute approximate surface area is 247 Å². The lowest BCUT2D eigenvalue weighted by Crippen LogP contribution is -2.47. The Bertz CT molecular complexity index is 1730. The van der Waals surface area contributed by atoms with E-state index in [1.54, 1.807) is 47.4 Å². The summed E-state index contributed by atoms with van der Waals surface area (Å²) in [6, 6.07) is 12.5. The number of pyridine rings is 1. The second kappa shape index (κ2) is 12.3. The number of carbonyl (C=O) groups excluding carboxylic acids is 1. The van der Waals surface area contributed by atoms with Crippen molar-refractivity contribution in [3.8, 4) is 11.1 Å². The van der Waals surface area contributed by atoms with E-state index in [9.17, 15) is 22.4 Å². The fourth-order valence-corrected chi connectivity index (χ4v) is 5.00. The molecule has 0 saturated carbocycles. The second-order valence-corrected chi connectivity index (χ2v) is 9.97. The third-order valence-electron chi connectivity index (χ3n) is 6.97. The van der Waals surface area contributed by atoms with E-state index < -0.39 is 36.3 Å². The van der Waals surface area contributed by atoms with Gasteiger partial charge in [-0.2, -0.15) is 13.9 Å². The minimum atomic E-state index is -2.97.